The zero-order valence-electron chi connectivity index (χ0n) is 28.3. The molecule has 50 heavy (non-hydrogen) atoms. The number of fused-ring (bicyclic) bond motifs is 3. The number of Topliss-reactive ketones (excluding diaryl/α,β-unsaturated/α-hetero) is 1. The van der Waals surface area contributed by atoms with E-state index in [0.29, 0.717) is 68.6 Å². The Morgan fingerprint density at radius 3 is 2.72 bits per heavy atom. The van der Waals surface area contributed by atoms with Crippen LogP contribution in [0.3, 0.4) is 0 Å². The number of cyclic esters (lactones) is 1. The number of aromatic nitrogens is 1. The van der Waals surface area contributed by atoms with E-state index in [4.69, 9.17) is 18.9 Å². The molecule has 3 aromatic carbocycles. The number of rotatable bonds is 8. The van der Waals surface area contributed by atoms with E-state index in [2.05, 4.69) is 10.3 Å². The highest BCUT2D eigenvalue weighted by atomic mass is 16.7. The highest BCUT2D eigenvalue weighted by Gasteiger charge is 2.32. The Bertz CT molecular complexity index is 1930. The first-order chi connectivity index (χ1) is 24.2. The molecular weight excluding hydrogens is 640 g/mol. The lowest BCUT2D eigenvalue weighted by atomic mass is 9.84. The number of allylic oxidation sites excluding steroid dienone is 1. The van der Waals surface area contributed by atoms with E-state index >= 15 is 0 Å². The van der Waals surface area contributed by atoms with Crippen LogP contribution in [0, 0.1) is 0 Å². The van der Waals surface area contributed by atoms with Gasteiger partial charge in [-0.3, -0.25) is 9.59 Å². The van der Waals surface area contributed by atoms with Crippen molar-refractivity contribution in [3.63, 3.8) is 0 Å². The first-order valence-corrected chi connectivity index (χ1v) is 17.0. The highest BCUT2D eigenvalue weighted by molar-refractivity contribution is 5.98. The summed E-state index contributed by atoms with van der Waals surface area (Å²) in [6.07, 6.45) is 8.40. The van der Waals surface area contributed by atoms with E-state index in [9.17, 15) is 24.6 Å². The van der Waals surface area contributed by atoms with E-state index < -0.39 is 23.7 Å². The lowest BCUT2D eigenvalue weighted by Gasteiger charge is -2.23. The van der Waals surface area contributed by atoms with Crippen LogP contribution in [-0.4, -0.2) is 59.4 Å². The van der Waals surface area contributed by atoms with Crippen molar-refractivity contribution in [2.75, 3.05) is 20.4 Å². The van der Waals surface area contributed by atoms with Crippen LogP contribution in [-0.2, 0) is 20.7 Å². The molecule has 3 heterocycles. The molecule has 2 aliphatic heterocycles. The number of aromatic hydroxyl groups is 2. The average molecular weight is 683 g/mol. The maximum atomic E-state index is 13.7. The minimum Gasteiger partial charge on any atom is -0.507 e. The lowest BCUT2D eigenvalue weighted by molar-refractivity contribution is -0.121. The topological polar surface area (TPSA) is 156 Å². The largest absolute Gasteiger partial charge is 0.507 e. The number of ether oxygens (including phenoxy) is 4. The molecule has 4 aromatic rings. The summed E-state index contributed by atoms with van der Waals surface area (Å²) in [5.41, 5.74) is 2.73. The highest BCUT2D eigenvalue weighted by Crippen LogP contribution is 2.46. The van der Waals surface area contributed by atoms with Crippen molar-refractivity contribution < 1.29 is 43.5 Å². The molecule has 2 atom stereocenters. The zero-order valence-corrected chi connectivity index (χ0v) is 28.3. The summed E-state index contributed by atoms with van der Waals surface area (Å²) in [7, 11) is 1.61. The number of nitrogens with one attached hydrogen (secondary N) is 2. The first kappa shape index (κ1) is 34.4. The molecule has 0 bridgehead atoms. The van der Waals surface area contributed by atoms with Gasteiger partial charge in [-0.05, 0) is 92.1 Å². The molecule has 11 heteroatoms. The molecule has 1 amide bonds. The van der Waals surface area contributed by atoms with E-state index in [1.54, 1.807) is 44.4 Å². The SMILES string of the molecule is COc1ccc2[nH]cc(CCNC(=O)CC(c3ccc4c(c3)OCO4)c3c(O)cc4c(c3O)C(=O)O[C@@H](C)CCCC(=O)CCCC=C4)c2c1. The van der Waals surface area contributed by atoms with Crippen LogP contribution in [0.2, 0.25) is 0 Å². The van der Waals surface area contributed by atoms with Gasteiger partial charge in [0.15, 0.2) is 11.5 Å². The van der Waals surface area contributed by atoms with Gasteiger partial charge < -0.3 is 39.5 Å². The number of amides is 1. The number of phenols is 2. The molecule has 2 aliphatic rings. The molecule has 0 saturated heterocycles. The molecule has 262 valence electrons. The molecule has 0 aliphatic carbocycles. The summed E-state index contributed by atoms with van der Waals surface area (Å²) in [5.74, 6) is -0.800. The third-order valence-corrected chi connectivity index (χ3v) is 9.28. The van der Waals surface area contributed by atoms with Gasteiger partial charge in [-0.2, -0.15) is 0 Å². The number of esters is 1. The number of benzene rings is 3. The molecule has 0 spiro atoms. The van der Waals surface area contributed by atoms with E-state index in [1.807, 2.05) is 24.4 Å². The van der Waals surface area contributed by atoms with E-state index in [1.165, 1.54) is 6.07 Å². The molecular formula is C39H42N2O9. The number of hydrogen-bond acceptors (Lipinski definition) is 9. The maximum absolute atomic E-state index is 13.7. The third-order valence-electron chi connectivity index (χ3n) is 9.28. The van der Waals surface area contributed by atoms with Crippen molar-refractivity contribution in [1.82, 2.24) is 10.3 Å². The Kier molecular flexibility index (Phi) is 10.6. The molecule has 0 saturated carbocycles. The van der Waals surface area contributed by atoms with Crippen LogP contribution in [0.1, 0.15) is 90.4 Å². The standard InChI is InChI=1S/C39H42N2O9/c1-23-7-6-10-27(42)9-5-3-4-8-25-17-32(43)37(38(45)36(25)39(46)50-23)30(24-11-14-33-34(18-24)49-22-48-33)20-35(44)40-16-15-26-21-41-31-13-12-28(47-2)19-29(26)31/h4,8,11-14,17-19,21,23,30,41,43,45H,3,5-7,9-10,15-16,20,22H2,1-2H3,(H,40,44)/t23-,30?/m0/s1. The quantitative estimate of drug-likeness (QED) is 0.149. The molecule has 4 N–H and O–H groups in total. The van der Waals surface area contributed by atoms with Crippen LogP contribution in [0.15, 0.2) is 54.7 Å². The fourth-order valence-electron chi connectivity index (χ4n) is 6.62. The first-order valence-electron chi connectivity index (χ1n) is 17.0. The molecule has 11 nitrogen and oxygen atoms in total. The second-order valence-corrected chi connectivity index (χ2v) is 12.8. The summed E-state index contributed by atoms with van der Waals surface area (Å²) in [4.78, 5) is 42.7. The van der Waals surface area contributed by atoms with Gasteiger partial charge in [-0.25, -0.2) is 4.79 Å². The summed E-state index contributed by atoms with van der Waals surface area (Å²) in [6.45, 7) is 2.12. The van der Waals surface area contributed by atoms with E-state index in [-0.39, 0.29) is 47.3 Å². The van der Waals surface area contributed by atoms with Gasteiger partial charge >= 0.3 is 5.97 Å². The van der Waals surface area contributed by atoms with Crippen molar-refractivity contribution >= 4 is 34.6 Å². The number of carbonyl (C=O) groups excluding carboxylic acids is 3. The van der Waals surface area contributed by atoms with Crippen LogP contribution in [0.4, 0.5) is 0 Å². The minimum atomic E-state index is -0.875. The van der Waals surface area contributed by atoms with Crippen molar-refractivity contribution in [3.05, 3.63) is 82.6 Å². The molecule has 6 rings (SSSR count). The monoisotopic (exact) mass is 682 g/mol. The number of methoxy groups -OCH3 is 1. The second kappa shape index (κ2) is 15.4. The Hall–Kier alpha value is -5.45. The molecule has 0 radical (unpaired) electrons. The minimum absolute atomic E-state index is 0.0196. The summed E-state index contributed by atoms with van der Waals surface area (Å²) < 4.78 is 22.2. The molecule has 0 fully saturated rings. The predicted molar refractivity (Wildman–Crippen MR) is 187 cm³/mol. The number of hydrogen-bond donors (Lipinski definition) is 4. The average Bonchev–Trinajstić information content (AvgIpc) is 3.73. The number of phenolic OH excluding ortho intramolecular Hbond substituents is 2. The van der Waals surface area contributed by atoms with Crippen molar-refractivity contribution in [2.45, 2.75) is 70.3 Å². The van der Waals surface area contributed by atoms with Gasteiger partial charge in [0.1, 0.15) is 28.6 Å². The van der Waals surface area contributed by atoms with Gasteiger partial charge in [-0.1, -0.05) is 18.2 Å². The smallest absolute Gasteiger partial charge is 0.342 e. The molecule has 1 aromatic heterocycles. The van der Waals surface area contributed by atoms with Crippen molar-refractivity contribution in [2.24, 2.45) is 0 Å². The number of ketones is 1. The summed E-state index contributed by atoms with van der Waals surface area (Å²) in [6, 6.07) is 12.4. The summed E-state index contributed by atoms with van der Waals surface area (Å²) >= 11 is 0. The Morgan fingerprint density at radius 1 is 1.06 bits per heavy atom. The zero-order chi connectivity index (χ0) is 35.2. The number of aromatic amines is 1. The van der Waals surface area contributed by atoms with Gasteiger partial charge in [-0.15, -0.1) is 0 Å². The van der Waals surface area contributed by atoms with Crippen molar-refractivity contribution in [1.29, 1.82) is 0 Å². The van der Waals surface area contributed by atoms with Gasteiger partial charge in [0, 0.05) is 54.4 Å². The normalized spacial score (nSPS) is 17.1. The number of carbonyl (C=O) groups is 3. The maximum Gasteiger partial charge on any atom is 0.342 e. The van der Waals surface area contributed by atoms with Crippen LogP contribution >= 0.6 is 0 Å². The Balaban J connectivity index is 1.31. The van der Waals surface area contributed by atoms with Gasteiger partial charge in [0.2, 0.25) is 12.7 Å². The van der Waals surface area contributed by atoms with Crippen LogP contribution in [0.25, 0.3) is 17.0 Å². The summed E-state index contributed by atoms with van der Waals surface area (Å²) in [5, 5.41) is 27.3. The van der Waals surface area contributed by atoms with E-state index in [0.717, 1.165) is 22.2 Å². The molecule has 1 unspecified atom stereocenters. The Morgan fingerprint density at radius 2 is 1.88 bits per heavy atom. The van der Waals surface area contributed by atoms with Crippen LogP contribution < -0.4 is 19.5 Å². The van der Waals surface area contributed by atoms with Crippen molar-refractivity contribution in [3.8, 4) is 28.7 Å². The van der Waals surface area contributed by atoms with Gasteiger partial charge in [0.25, 0.3) is 0 Å². The van der Waals surface area contributed by atoms with Gasteiger partial charge in [0.05, 0.1) is 13.2 Å². The third kappa shape index (κ3) is 7.72. The predicted octanol–water partition coefficient (Wildman–Crippen LogP) is 6.68. The fraction of sp³-hybridized carbons (Fsp3) is 0.359. The Labute approximate surface area is 290 Å². The second-order valence-electron chi connectivity index (χ2n) is 12.8. The number of H-pyrrole nitrogens is 1. The van der Waals surface area contributed by atoms with Crippen LogP contribution in [0.5, 0.6) is 28.7 Å². The lowest BCUT2D eigenvalue weighted by Crippen LogP contribution is -2.27. The fourth-order valence-corrected chi connectivity index (χ4v) is 6.62.